The second kappa shape index (κ2) is 10.4. The minimum Gasteiger partial charge on any atom is -0.497 e. The molecule has 0 atom stereocenters. The van der Waals surface area contributed by atoms with Crippen LogP contribution in [-0.2, 0) is 26.8 Å². The predicted octanol–water partition coefficient (Wildman–Crippen LogP) is 4.09. The van der Waals surface area contributed by atoms with Crippen LogP contribution in [0.25, 0.3) is 11.4 Å². The van der Waals surface area contributed by atoms with Crippen LogP contribution in [-0.4, -0.2) is 41.6 Å². The van der Waals surface area contributed by atoms with Gasteiger partial charge in [-0.25, -0.2) is 8.42 Å². The Hall–Kier alpha value is -4.25. The molecule has 1 aromatic heterocycles. The van der Waals surface area contributed by atoms with Gasteiger partial charge in [0.1, 0.15) is 12.3 Å². The van der Waals surface area contributed by atoms with Crippen LogP contribution in [0.3, 0.4) is 0 Å². The Bertz CT molecular complexity index is 1490. The number of aromatic nitrogens is 4. The number of tetrazole rings is 1. The van der Waals surface area contributed by atoms with Crippen molar-refractivity contribution in [3.05, 3.63) is 78.4 Å². The third kappa shape index (κ3) is 6.31. The summed E-state index contributed by atoms with van der Waals surface area (Å²) in [6.07, 6.45) is 0. The zero-order valence-electron chi connectivity index (χ0n) is 21.0. The number of carbonyl (C=O) groups is 1. The van der Waals surface area contributed by atoms with Gasteiger partial charge in [0.25, 0.3) is 10.0 Å². The summed E-state index contributed by atoms with van der Waals surface area (Å²) in [6, 6.07) is 20.4. The van der Waals surface area contributed by atoms with E-state index in [-0.39, 0.29) is 28.6 Å². The molecule has 4 rings (SSSR count). The normalized spacial score (nSPS) is 11.7. The smallest absolute Gasteiger partial charge is 0.261 e. The first-order valence-electron chi connectivity index (χ1n) is 11.5. The quantitative estimate of drug-likeness (QED) is 0.358. The van der Waals surface area contributed by atoms with Crippen molar-refractivity contribution in [3.8, 4) is 17.1 Å². The summed E-state index contributed by atoms with van der Waals surface area (Å²) >= 11 is 0. The van der Waals surface area contributed by atoms with Crippen LogP contribution in [0.2, 0.25) is 0 Å². The molecule has 0 saturated heterocycles. The molecule has 11 heteroatoms. The van der Waals surface area contributed by atoms with Crippen molar-refractivity contribution in [2.24, 2.45) is 0 Å². The Morgan fingerprint density at radius 2 is 1.65 bits per heavy atom. The fourth-order valence-electron chi connectivity index (χ4n) is 3.53. The molecule has 0 radical (unpaired) electrons. The van der Waals surface area contributed by atoms with Gasteiger partial charge in [0.15, 0.2) is 0 Å². The first-order valence-corrected chi connectivity index (χ1v) is 13.0. The summed E-state index contributed by atoms with van der Waals surface area (Å²) in [4.78, 5) is 13.7. The predicted molar refractivity (Wildman–Crippen MR) is 141 cm³/mol. The lowest BCUT2D eigenvalue weighted by Crippen LogP contribution is -2.20. The molecular weight excluding hydrogens is 492 g/mol. The van der Waals surface area contributed by atoms with Crippen molar-refractivity contribution < 1.29 is 17.9 Å². The summed E-state index contributed by atoms with van der Waals surface area (Å²) in [5, 5.41) is 15.0. The molecule has 0 unspecified atom stereocenters. The number of anilines is 2. The molecule has 37 heavy (non-hydrogen) atoms. The average Bonchev–Trinajstić information content (AvgIpc) is 3.32. The summed E-state index contributed by atoms with van der Waals surface area (Å²) in [6.45, 7) is 6.02. The van der Waals surface area contributed by atoms with Crippen molar-refractivity contribution in [1.82, 2.24) is 20.2 Å². The lowest BCUT2D eigenvalue weighted by molar-refractivity contribution is -0.117. The van der Waals surface area contributed by atoms with Crippen LogP contribution >= 0.6 is 0 Å². The Morgan fingerprint density at radius 1 is 0.973 bits per heavy atom. The number of amides is 1. The molecule has 0 saturated carbocycles. The van der Waals surface area contributed by atoms with Gasteiger partial charge in [-0.15, -0.1) is 10.2 Å². The van der Waals surface area contributed by atoms with E-state index in [1.807, 2.05) is 12.1 Å². The monoisotopic (exact) mass is 520 g/mol. The summed E-state index contributed by atoms with van der Waals surface area (Å²) in [5.41, 5.74) is 2.26. The number of carbonyl (C=O) groups excluding carboxylic acids is 1. The zero-order chi connectivity index (χ0) is 26.6. The van der Waals surface area contributed by atoms with Crippen LogP contribution in [0.5, 0.6) is 5.75 Å². The van der Waals surface area contributed by atoms with E-state index in [0.29, 0.717) is 22.7 Å². The Morgan fingerprint density at radius 3 is 2.30 bits per heavy atom. The van der Waals surface area contributed by atoms with Crippen LogP contribution in [0.15, 0.2) is 77.7 Å². The largest absolute Gasteiger partial charge is 0.497 e. The molecule has 0 fully saturated rings. The van der Waals surface area contributed by atoms with Crippen LogP contribution in [0.1, 0.15) is 26.3 Å². The molecule has 1 heterocycles. The van der Waals surface area contributed by atoms with E-state index in [1.54, 1.807) is 67.8 Å². The van der Waals surface area contributed by atoms with Crippen molar-refractivity contribution in [1.29, 1.82) is 0 Å². The maximum atomic E-state index is 13.1. The number of hydrogen-bond donors (Lipinski definition) is 2. The van der Waals surface area contributed by atoms with Crippen molar-refractivity contribution in [2.45, 2.75) is 37.6 Å². The summed E-state index contributed by atoms with van der Waals surface area (Å²) in [7, 11) is -2.30. The van der Waals surface area contributed by atoms with Gasteiger partial charge in [0.05, 0.1) is 17.7 Å². The van der Waals surface area contributed by atoms with Gasteiger partial charge in [0.2, 0.25) is 11.7 Å². The van der Waals surface area contributed by atoms with Gasteiger partial charge >= 0.3 is 0 Å². The van der Waals surface area contributed by atoms with E-state index in [4.69, 9.17) is 4.74 Å². The molecule has 4 aromatic rings. The lowest BCUT2D eigenvalue weighted by Gasteiger charge is -2.19. The van der Waals surface area contributed by atoms with Crippen molar-refractivity contribution >= 4 is 27.3 Å². The molecule has 0 bridgehead atoms. The number of para-hydroxylation sites is 1. The highest BCUT2D eigenvalue weighted by atomic mass is 32.2. The van der Waals surface area contributed by atoms with E-state index in [9.17, 15) is 13.2 Å². The molecular formula is C26H28N6O4S. The minimum atomic E-state index is -3.86. The van der Waals surface area contributed by atoms with Gasteiger partial charge in [-0.3, -0.25) is 9.52 Å². The maximum absolute atomic E-state index is 13.1. The fraction of sp³-hybridized carbons (Fsp3) is 0.231. The topological polar surface area (TPSA) is 128 Å². The van der Waals surface area contributed by atoms with E-state index in [0.717, 1.165) is 10.4 Å². The highest BCUT2D eigenvalue weighted by molar-refractivity contribution is 7.92. The Labute approximate surface area is 215 Å². The first kappa shape index (κ1) is 25.8. The molecule has 0 aliphatic heterocycles. The summed E-state index contributed by atoms with van der Waals surface area (Å²) in [5.74, 6) is 0.511. The molecule has 10 nitrogen and oxygen atoms in total. The number of nitrogens with one attached hydrogen (secondary N) is 2. The average molecular weight is 521 g/mol. The van der Waals surface area contributed by atoms with Gasteiger partial charge in [-0.1, -0.05) is 45.0 Å². The number of ether oxygens (including phenoxy) is 1. The van der Waals surface area contributed by atoms with Crippen molar-refractivity contribution in [3.63, 3.8) is 0 Å². The summed E-state index contributed by atoms with van der Waals surface area (Å²) < 4.78 is 33.9. The van der Waals surface area contributed by atoms with Crippen molar-refractivity contribution in [2.75, 3.05) is 17.1 Å². The minimum absolute atomic E-state index is 0.0919. The second-order valence-corrected chi connectivity index (χ2v) is 11.0. The lowest BCUT2D eigenvalue weighted by atomic mass is 9.87. The van der Waals surface area contributed by atoms with Gasteiger partial charge in [0, 0.05) is 11.3 Å². The third-order valence-electron chi connectivity index (χ3n) is 5.55. The van der Waals surface area contributed by atoms with E-state index < -0.39 is 10.0 Å². The van der Waals surface area contributed by atoms with E-state index in [2.05, 4.69) is 46.2 Å². The molecule has 0 spiro atoms. The molecule has 192 valence electrons. The Balaban J connectivity index is 1.49. The molecule has 2 N–H and O–H groups in total. The standard InChI is InChI=1S/C26H28N6O4S/c1-26(2,3)18-9-15-21(16-10-18)37(34,35)30-23-8-6-5-7-22(23)25-28-31-32(29-25)17-24(33)27-19-11-13-20(36-4)14-12-19/h5-16,30H,17H2,1-4H3,(H,27,33). The van der Waals surface area contributed by atoms with E-state index in [1.165, 1.54) is 0 Å². The van der Waals surface area contributed by atoms with Crippen LogP contribution in [0, 0.1) is 0 Å². The van der Waals surface area contributed by atoms with Crippen LogP contribution < -0.4 is 14.8 Å². The Kier molecular flexibility index (Phi) is 7.25. The number of benzene rings is 3. The number of methoxy groups -OCH3 is 1. The van der Waals surface area contributed by atoms with Gasteiger partial charge in [-0.05, 0) is 64.7 Å². The second-order valence-electron chi connectivity index (χ2n) is 9.35. The number of hydrogen-bond acceptors (Lipinski definition) is 7. The molecule has 3 aromatic carbocycles. The SMILES string of the molecule is COc1ccc(NC(=O)Cn2nnc(-c3ccccc3NS(=O)(=O)c3ccc(C(C)(C)C)cc3)n2)cc1. The number of nitrogens with zero attached hydrogens (tertiary/aromatic N) is 4. The molecule has 0 aliphatic carbocycles. The first-order chi connectivity index (χ1) is 17.5. The van der Waals surface area contributed by atoms with Crippen LogP contribution in [0.4, 0.5) is 11.4 Å². The molecule has 0 aliphatic rings. The third-order valence-corrected chi connectivity index (χ3v) is 6.94. The number of sulfonamides is 1. The van der Waals surface area contributed by atoms with Gasteiger partial charge < -0.3 is 10.1 Å². The highest BCUT2D eigenvalue weighted by Gasteiger charge is 2.20. The zero-order valence-corrected chi connectivity index (χ0v) is 21.8. The highest BCUT2D eigenvalue weighted by Crippen LogP contribution is 2.28. The van der Waals surface area contributed by atoms with Gasteiger partial charge in [-0.2, -0.15) is 4.80 Å². The van der Waals surface area contributed by atoms with E-state index >= 15 is 0 Å². The molecule has 1 amide bonds. The maximum Gasteiger partial charge on any atom is 0.261 e. The number of rotatable bonds is 8. The fourth-order valence-corrected chi connectivity index (χ4v) is 4.61.